The summed E-state index contributed by atoms with van der Waals surface area (Å²) in [5.41, 5.74) is 2.16. The first-order valence-corrected chi connectivity index (χ1v) is 3.57. The highest BCUT2D eigenvalue weighted by atomic mass is 15.3. The molecule has 0 spiro atoms. The van der Waals surface area contributed by atoms with Crippen molar-refractivity contribution in [3.63, 3.8) is 0 Å². The Hall–Kier alpha value is -1.32. The first-order valence-electron chi connectivity index (χ1n) is 3.57. The van der Waals surface area contributed by atoms with Crippen LogP contribution in [0, 0.1) is 20.8 Å². The second-order valence-electron chi connectivity index (χ2n) is 2.73. The van der Waals surface area contributed by atoms with Crippen molar-refractivity contribution in [1.29, 1.82) is 0 Å². The van der Waals surface area contributed by atoms with Crippen molar-refractivity contribution < 1.29 is 0 Å². The fourth-order valence-corrected chi connectivity index (χ4v) is 1.14. The molecule has 2 heterocycles. The Morgan fingerprint density at radius 1 is 1.18 bits per heavy atom. The van der Waals surface area contributed by atoms with Gasteiger partial charge in [0.05, 0.1) is 11.4 Å². The molecule has 0 atom stereocenters. The Kier molecular flexibility index (Phi) is 1.07. The molecule has 0 aromatic carbocycles. The van der Waals surface area contributed by atoms with Gasteiger partial charge in [-0.2, -0.15) is 4.98 Å². The van der Waals surface area contributed by atoms with Gasteiger partial charge in [-0.05, 0) is 20.8 Å². The van der Waals surface area contributed by atoms with Crippen LogP contribution in [0.5, 0.6) is 0 Å². The number of H-pyrrole nitrogens is 1. The summed E-state index contributed by atoms with van der Waals surface area (Å²) in [6.07, 6.45) is 0. The molecule has 0 bridgehead atoms. The maximum atomic E-state index is 4.25. The van der Waals surface area contributed by atoms with Gasteiger partial charge in [0.2, 0.25) is 0 Å². The molecular weight excluding hydrogens is 140 g/mol. The van der Waals surface area contributed by atoms with Gasteiger partial charge in [0.1, 0.15) is 5.82 Å². The molecule has 0 amide bonds. The van der Waals surface area contributed by atoms with Crippen LogP contribution in [-0.2, 0) is 0 Å². The van der Waals surface area contributed by atoms with Gasteiger partial charge in [-0.3, -0.25) is 5.10 Å². The van der Waals surface area contributed by atoms with Gasteiger partial charge < -0.3 is 0 Å². The van der Waals surface area contributed by atoms with E-state index in [0.717, 1.165) is 23.0 Å². The van der Waals surface area contributed by atoms with Crippen molar-refractivity contribution in [2.24, 2.45) is 0 Å². The molecule has 0 saturated heterocycles. The third-order valence-corrected chi connectivity index (χ3v) is 1.87. The second kappa shape index (κ2) is 1.84. The molecule has 2 aromatic heterocycles. The largest absolute Gasteiger partial charge is 0.278 e. The molecule has 4 heteroatoms. The third-order valence-electron chi connectivity index (χ3n) is 1.87. The molecule has 0 aliphatic rings. The Morgan fingerprint density at radius 3 is 2.55 bits per heavy atom. The minimum absolute atomic E-state index is 0.762. The number of hydrogen-bond acceptors (Lipinski definition) is 2. The standard InChI is InChI=1S/C7H10N4/c1-4-5(2)11-7(8-4)9-6(3)10-11/h1-3H3,(H,8,9,10). The summed E-state index contributed by atoms with van der Waals surface area (Å²) in [5, 5.41) is 3.09. The lowest BCUT2D eigenvalue weighted by atomic mass is 10.4. The van der Waals surface area contributed by atoms with Crippen LogP contribution in [0.15, 0.2) is 0 Å². The van der Waals surface area contributed by atoms with E-state index in [1.807, 2.05) is 25.3 Å². The molecular formula is C7H10N4. The van der Waals surface area contributed by atoms with Gasteiger partial charge >= 0.3 is 0 Å². The van der Waals surface area contributed by atoms with Crippen LogP contribution in [0.1, 0.15) is 17.2 Å². The van der Waals surface area contributed by atoms with Crippen molar-refractivity contribution in [3.8, 4) is 0 Å². The number of rotatable bonds is 0. The van der Waals surface area contributed by atoms with E-state index in [1.54, 1.807) is 0 Å². The Labute approximate surface area is 64.3 Å². The molecule has 0 saturated carbocycles. The molecule has 4 nitrogen and oxygen atoms in total. The SMILES string of the molecule is Cc1nc2nc(C)c(C)n2[nH]1. The predicted octanol–water partition coefficient (Wildman–Crippen LogP) is 0.983. The quantitative estimate of drug-likeness (QED) is 0.608. The normalized spacial score (nSPS) is 11.2. The lowest BCUT2D eigenvalue weighted by molar-refractivity contribution is 0.899. The van der Waals surface area contributed by atoms with Crippen molar-refractivity contribution >= 4 is 5.78 Å². The van der Waals surface area contributed by atoms with Gasteiger partial charge in [-0.15, -0.1) is 0 Å². The Balaban J connectivity index is 2.88. The molecule has 2 aromatic rings. The Bertz CT molecular complexity index is 396. The fraction of sp³-hybridized carbons (Fsp3) is 0.429. The first-order chi connectivity index (χ1) is 5.18. The predicted molar refractivity (Wildman–Crippen MR) is 41.5 cm³/mol. The number of aryl methyl sites for hydroxylation is 3. The number of nitrogens with zero attached hydrogens (tertiary/aromatic N) is 3. The number of imidazole rings is 1. The third kappa shape index (κ3) is 0.753. The van der Waals surface area contributed by atoms with Crippen LogP contribution in [0.2, 0.25) is 0 Å². The van der Waals surface area contributed by atoms with E-state index in [4.69, 9.17) is 0 Å². The molecule has 58 valence electrons. The van der Waals surface area contributed by atoms with E-state index < -0.39 is 0 Å². The van der Waals surface area contributed by atoms with Crippen LogP contribution >= 0.6 is 0 Å². The maximum absolute atomic E-state index is 4.25. The van der Waals surface area contributed by atoms with Crippen LogP contribution in [-0.4, -0.2) is 19.6 Å². The number of hydrogen-bond donors (Lipinski definition) is 1. The van der Waals surface area contributed by atoms with Crippen molar-refractivity contribution in [1.82, 2.24) is 19.6 Å². The second-order valence-corrected chi connectivity index (χ2v) is 2.73. The topological polar surface area (TPSA) is 46.0 Å². The summed E-state index contributed by atoms with van der Waals surface area (Å²) in [6, 6.07) is 0. The smallest absolute Gasteiger partial charge is 0.251 e. The molecule has 0 fully saturated rings. The molecule has 0 aliphatic heterocycles. The van der Waals surface area contributed by atoms with Gasteiger partial charge in [0.15, 0.2) is 0 Å². The molecule has 0 radical (unpaired) electrons. The highest BCUT2D eigenvalue weighted by Gasteiger charge is 2.06. The maximum Gasteiger partial charge on any atom is 0.251 e. The number of aromatic amines is 1. The number of aromatic nitrogens is 4. The summed E-state index contributed by atoms with van der Waals surface area (Å²) >= 11 is 0. The zero-order valence-electron chi connectivity index (χ0n) is 6.84. The summed E-state index contributed by atoms with van der Waals surface area (Å²) in [7, 11) is 0. The summed E-state index contributed by atoms with van der Waals surface area (Å²) < 4.78 is 1.89. The number of fused-ring (bicyclic) bond motifs is 1. The van der Waals surface area contributed by atoms with Crippen LogP contribution < -0.4 is 0 Å². The highest BCUT2D eigenvalue weighted by molar-refractivity contribution is 5.33. The zero-order chi connectivity index (χ0) is 8.01. The average Bonchev–Trinajstić information content (AvgIpc) is 2.37. The average molecular weight is 150 g/mol. The minimum atomic E-state index is 0.762. The summed E-state index contributed by atoms with van der Waals surface area (Å²) in [5.74, 6) is 1.66. The van der Waals surface area contributed by atoms with Crippen LogP contribution in [0.3, 0.4) is 0 Å². The van der Waals surface area contributed by atoms with Crippen molar-refractivity contribution in [3.05, 3.63) is 17.2 Å². The van der Waals surface area contributed by atoms with Gasteiger partial charge in [-0.25, -0.2) is 9.50 Å². The van der Waals surface area contributed by atoms with Gasteiger partial charge in [-0.1, -0.05) is 0 Å². The summed E-state index contributed by atoms with van der Waals surface area (Å²) in [4.78, 5) is 8.45. The molecule has 11 heavy (non-hydrogen) atoms. The van der Waals surface area contributed by atoms with Gasteiger partial charge in [0.25, 0.3) is 5.78 Å². The Morgan fingerprint density at radius 2 is 1.91 bits per heavy atom. The van der Waals surface area contributed by atoms with Crippen molar-refractivity contribution in [2.45, 2.75) is 20.8 Å². The fourth-order valence-electron chi connectivity index (χ4n) is 1.14. The van der Waals surface area contributed by atoms with E-state index in [0.29, 0.717) is 0 Å². The molecule has 2 rings (SSSR count). The molecule has 1 N–H and O–H groups in total. The van der Waals surface area contributed by atoms with Crippen LogP contribution in [0.4, 0.5) is 0 Å². The minimum Gasteiger partial charge on any atom is -0.278 e. The van der Waals surface area contributed by atoms with Crippen molar-refractivity contribution in [2.75, 3.05) is 0 Å². The van der Waals surface area contributed by atoms with E-state index in [2.05, 4.69) is 15.1 Å². The van der Waals surface area contributed by atoms with E-state index >= 15 is 0 Å². The molecule has 0 unspecified atom stereocenters. The highest BCUT2D eigenvalue weighted by Crippen LogP contribution is 2.07. The monoisotopic (exact) mass is 150 g/mol. The number of nitrogens with one attached hydrogen (secondary N) is 1. The van der Waals surface area contributed by atoms with E-state index in [1.165, 1.54) is 0 Å². The zero-order valence-corrected chi connectivity index (χ0v) is 6.84. The van der Waals surface area contributed by atoms with Crippen LogP contribution in [0.25, 0.3) is 5.78 Å². The lowest BCUT2D eigenvalue weighted by Crippen LogP contribution is -1.87. The van der Waals surface area contributed by atoms with Gasteiger partial charge in [0, 0.05) is 0 Å². The van der Waals surface area contributed by atoms with E-state index in [9.17, 15) is 0 Å². The van der Waals surface area contributed by atoms with E-state index in [-0.39, 0.29) is 0 Å². The summed E-state index contributed by atoms with van der Waals surface area (Å²) in [6.45, 7) is 5.92. The first kappa shape index (κ1) is 6.39. The lowest BCUT2D eigenvalue weighted by Gasteiger charge is -1.87. The molecule has 0 aliphatic carbocycles.